The number of ketones is 1. The number of anilines is 1. The third kappa shape index (κ3) is 4.92. The quantitative estimate of drug-likeness (QED) is 0.289. The summed E-state index contributed by atoms with van der Waals surface area (Å²) in [6.07, 6.45) is 0. The highest BCUT2D eigenvalue weighted by atomic mass is 35.5. The van der Waals surface area contributed by atoms with Crippen molar-refractivity contribution in [2.45, 2.75) is 13.8 Å². The van der Waals surface area contributed by atoms with E-state index in [9.17, 15) is 9.59 Å². The fourth-order valence-electron chi connectivity index (χ4n) is 3.42. The zero-order valence-corrected chi connectivity index (χ0v) is 19.8. The summed E-state index contributed by atoms with van der Waals surface area (Å²) >= 11 is 6.21. The number of amides is 1. The molecule has 0 bridgehead atoms. The van der Waals surface area contributed by atoms with E-state index < -0.39 is 5.78 Å². The topological polar surface area (TPSA) is 77.8 Å². The van der Waals surface area contributed by atoms with E-state index in [0.29, 0.717) is 56.8 Å². The molecule has 0 fully saturated rings. The van der Waals surface area contributed by atoms with E-state index in [-0.39, 0.29) is 11.7 Å². The summed E-state index contributed by atoms with van der Waals surface area (Å²) in [7, 11) is 1.50. The van der Waals surface area contributed by atoms with Crippen molar-refractivity contribution in [1.82, 2.24) is 0 Å². The van der Waals surface area contributed by atoms with Crippen LogP contribution in [0.1, 0.15) is 40.3 Å². The van der Waals surface area contributed by atoms with Gasteiger partial charge in [0.25, 0.3) is 5.91 Å². The van der Waals surface area contributed by atoms with Crippen LogP contribution >= 0.6 is 11.6 Å². The summed E-state index contributed by atoms with van der Waals surface area (Å²) in [6, 6.07) is 18.7. The second kappa shape index (κ2) is 10.0. The fraction of sp³-hybridized carbons (Fsp3) is 0.185. The standard InChI is InChI=1S/C27H24ClNO5/c1-16(2)15-33-19-11-8-17(9-12-19)27(31)29-24-20-6-4-5-7-22(20)34-26(24)25(30)18-10-13-23(32-3)21(28)14-18/h4-14,16H,15H2,1-3H3,(H,29,31). The van der Waals surface area contributed by atoms with Crippen molar-refractivity contribution < 1.29 is 23.5 Å². The number of halogens is 1. The number of rotatable bonds is 8. The van der Waals surface area contributed by atoms with Gasteiger partial charge in [0.15, 0.2) is 5.76 Å². The molecule has 0 aliphatic heterocycles. The highest BCUT2D eigenvalue weighted by Crippen LogP contribution is 2.34. The van der Waals surface area contributed by atoms with E-state index >= 15 is 0 Å². The molecule has 1 amide bonds. The lowest BCUT2D eigenvalue weighted by Crippen LogP contribution is -2.14. The van der Waals surface area contributed by atoms with Gasteiger partial charge in [-0.25, -0.2) is 0 Å². The van der Waals surface area contributed by atoms with Gasteiger partial charge in [0.2, 0.25) is 5.78 Å². The average molecular weight is 478 g/mol. The molecular weight excluding hydrogens is 454 g/mol. The first kappa shape index (κ1) is 23.4. The van der Waals surface area contributed by atoms with Crippen LogP contribution in [0.5, 0.6) is 11.5 Å². The second-order valence-corrected chi connectivity index (χ2v) is 8.57. The van der Waals surface area contributed by atoms with Crippen molar-refractivity contribution in [2.75, 3.05) is 19.0 Å². The van der Waals surface area contributed by atoms with Gasteiger partial charge in [0, 0.05) is 16.5 Å². The Balaban J connectivity index is 1.65. The van der Waals surface area contributed by atoms with Crippen molar-refractivity contribution in [3.05, 3.63) is 88.6 Å². The van der Waals surface area contributed by atoms with E-state index in [1.807, 2.05) is 6.07 Å². The Morgan fingerprint density at radius 1 is 1.00 bits per heavy atom. The molecule has 0 unspecified atom stereocenters. The van der Waals surface area contributed by atoms with E-state index in [4.69, 9.17) is 25.5 Å². The predicted octanol–water partition coefficient (Wildman–Crippen LogP) is 6.61. The van der Waals surface area contributed by atoms with Gasteiger partial charge in [-0.2, -0.15) is 0 Å². The molecule has 0 aliphatic rings. The Labute approximate surface area is 202 Å². The Hall–Kier alpha value is -3.77. The van der Waals surface area contributed by atoms with Gasteiger partial charge in [-0.05, 0) is 60.5 Å². The third-order valence-electron chi connectivity index (χ3n) is 5.15. The number of carbonyl (C=O) groups is 2. The molecule has 3 aromatic carbocycles. The normalized spacial score (nSPS) is 11.0. The molecule has 4 rings (SSSR count). The number of ether oxygens (including phenoxy) is 2. The number of hydrogen-bond acceptors (Lipinski definition) is 5. The number of nitrogens with one attached hydrogen (secondary N) is 1. The largest absolute Gasteiger partial charge is 0.495 e. The molecule has 1 N–H and O–H groups in total. The molecule has 0 radical (unpaired) electrons. The Kier molecular flexibility index (Phi) is 6.89. The van der Waals surface area contributed by atoms with Crippen LogP contribution in [0.3, 0.4) is 0 Å². The summed E-state index contributed by atoms with van der Waals surface area (Å²) < 4.78 is 16.7. The first-order valence-electron chi connectivity index (χ1n) is 10.8. The molecule has 34 heavy (non-hydrogen) atoms. The van der Waals surface area contributed by atoms with E-state index in [0.717, 1.165) is 0 Å². The molecular formula is C27H24ClNO5. The van der Waals surface area contributed by atoms with Crippen LogP contribution in [0.25, 0.3) is 11.0 Å². The molecule has 0 saturated heterocycles. The van der Waals surface area contributed by atoms with Gasteiger partial charge < -0.3 is 19.2 Å². The molecule has 174 valence electrons. The first-order chi connectivity index (χ1) is 16.4. The number of carbonyl (C=O) groups excluding carboxylic acids is 2. The van der Waals surface area contributed by atoms with Crippen LogP contribution in [-0.4, -0.2) is 25.4 Å². The molecule has 0 atom stereocenters. The van der Waals surface area contributed by atoms with E-state index in [1.165, 1.54) is 13.2 Å². The summed E-state index contributed by atoms with van der Waals surface area (Å²) in [5.74, 6) is 0.780. The zero-order chi connectivity index (χ0) is 24.2. The fourth-order valence-corrected chi connectivity index (χ4v) is 3.68. The van der Waals surface area contributed by atoms with Crippen molar-refractivity contribution in [3.63, 3.8) is 0 Å². The highest BCUT2D eigenvalue weighted by molar-refractivity contribution is 6.32. The predicted molar refractivity (Wildman–Crippen MR) is 132 cm³/mol. The molecule has 1 heterocycles. The first-order valence-corrected chi connectivity index (χ1v) is 11.2. The monoisotopic (exact) mass is 477 g/mol. The minimum atomic E-state index is -0.409. The molecule has 4 aromatic rings. The van der Waals surface area contributed by atoms with Crippen molar-refractivity contribution in [1.29, 1.82) is 0 Å². The number of furan rings is 1. The zero-order valence-electron chi connectivity index (χ0n) is 19.1. The van der Waals surface area contributed by atoms with Crippen LogP contribution in [0.4, 0.5) is 5.69 Å². The Bertz CT molecular complexity index is 1340. The average Bonchev–Trinajstić information content (AvgIpc) is 3.20. The number of fused-ring (bicyclic) bond motifs is 1. The maximum atomic E-state index is 13.3. The molecule has 0 saturated carbocycles. The minimum absolute atomic E-state index is 0.0210. The maximum absolute atomic E-state index is 13.3. The second-order valence-electron chi connectivity index (χ2n) is 8.16. The number of methoxy groups -OCH3 is 1. The number of hydrogen-bond donors (Lipinski definition) is 1. The third-order valence-corrected chi connectivity index (χ3v) is 5.45. The SMILES string of the molecule is COc1ccc(C(=O)c2oc3ccccc3c2NC(=O)c2ccc(OCC(C)C)cc2)cc1Cl. The van der Waals surface area contributed by atoms with E-state index in [2.05, 4.69) is 19.2 Å². The maximum Gasteiger partial charge on any atom is 0.255 e. The lowest BCUT2D eigenvalue weighted by molar-refractivity contribution is 0.101. The molecule has 0 aliphatic carbocycles. The summed E-state index contributed by atoms with van der Waals surface area (Å²) in [4.78, 5) is 26.4. The smallest absolute Gasteiger partial charge is 0.255 e. The van der Waals surface area contributed by atoms with Gasteiger partial charge in [0.1, 0.15) is 17.1 Å². The number of benzene rings is 3. The highest BCUT2D eigenvalue weighted by Gasteiger charge is 2.24. The van der Waals surface area contributed by atoms with Gasteiger partial charge in [-0.3, -0.25) is 9.59 Å². The Morgan fingerprint density at radius 2 is 1.71 bits per heavy atom. The van der Waals surface area contributed by atoms with Gasteiger partial charge in [-0.15, -0.1) is 0 Å². The molecule has 0 spiro atoms. The van der Waals surface area contributed by atoms with Crippen molar-refractivity contribution in [2.24, 2.45) is 5.92 Å². The van der Waals surface area contributed by atoms with Crippen LogP contribution in [0.2, 0.25) is 5.02 Å². The summed E-state index contributed by atoms with van der Waals surface area (Å²) in [5.41, 5.74) is 1.52. The van der Waals surface area contributed by atoms with Crippen LogP contribution in [0, 0.1) is 5.92 Å². The summed E-state index contributed by atoms with van der Waals surface area (Å²) in [5, 5.41) is 3.78. The van der Waals surface area contributed by atoms with Gasteiger partial charge >= 0.3 is 0 Å². The minimum Gasteiger partial charge on any atom is -0.495 e. The molecule has 7 heteroatoms. The van der Waals surface area contributed by atoms with Crippen LogP contribution in [0.15, 0.2) is 71.1 Å². The van der Waals surface area contributed by atoms with Gasteiger partial charge in [0.05, 0.1) is 24.4 Å². The lowest BCUT2D eigenvalue weighted by Gasteiger charge is -2.10. The van der Waals surface area contributed by atoms with Gasteiger partial charge in [-0.1, -0.05) is 37.6 Å². The van der Waals surface area contributed by atoms with Crippen molar-refractivity contribution in [3.8, 4) is 11.5 Å². The van der Waals surface area contributed by atoms with Crippen LogP contribution < -0.4 is 14.8 Å². The molecule has 1 aromatic heterocycles. The Morgan fingerprint density at radius 3 is 2.38 bits per heavy atom. The lowest BCUT2D eigenvalue weighted by atomic mass is 10.1. The van der Waals surface area contributed by atoms with E-state index in [1.54, 1.807) is 54.6 Å². The summed E-state index contributed by atoms with van der Waals surface area (Å²) in [6.45, 7) is 4.72. The number of para-hydroxylation sites is 1. The molecule has 6 nitrogen and oxygen atoms in total. The van der Waals surface area contributed by atoms with Crippen molar-refractivity contribution >= 4 is 39.9 Å². The van der Waals surface area contributed by atoms with Crippen LogP contribution in [-0.2, 0) is 0 Å².